The van der Waals surface area contributed by atoms with Gasteiger partial charge < -0.3 is 14.2 Å². The van der Waals surface area contributed by atoms with Crippen molar-refractivity contribution in [1.29, 1.82) is 0 Å². The van der Waals surface area contributed by atoms with Crippen LogP contribution in [0.3, 0.4) is 0 Å². The number of fused-ring (bicyclic) bond motifs is 2. The lowest BCUT2D eigenvalue weighted by Gasteiger charge is -2.47. The molecule has 176 valence electrons. The van der Waals surface area contributed by atoms with Crippen LogP contribution in [0.25, 0.3) is 0 Å². The fourth-order valence-corrected chi connectivity index (χ4v) is 4.48. The highest BCUT2D eigenvalue weighted by molar-refractivity contribution is 5.98. The van der Waals surface area contributed by atoms with Crippen molar-refractivity contribution in [2.75, 3.05) is 20.3 Å². The first kappa shape index (κ1) is 23.1. The Labute approximate surface area is 189 Å². The summed E-state index contributed by atoms with van der Waals surface area (Å²) in [5.74, 6) is -0.956. The number of carbonyl (C=O) groups is 2. The molecular weight excluding hydrogens is 439 g/mol. The maximum absolute atomic E-state index is 13.3. The van der Waals surface area contributed by atoms with Crippen molar-refractivity contribution in [1.82, 2.24) is 4.90 Å². The largest absolute Gasteiger partial charge is 0.497 e. The molecule has 0 saturated carbocycles. The molecule has 1 amide bonds. The molecule has 6 nitrogen and oxygen atoms in total. The van der Waals surface area contributed by atoms with Crippen molar-refractivity contribution in [3.8, 4) is 5.75 Å². The van der Waals surface area contributed by atoms with E-state index in [-0.39, 0.29) is 56.1 Å². The van der Waals surface area contributed by atoms with E-state index in [1.54, 1.807) is 4.90 Å². The van der Waals surface area contributed by atoms with Gasteiger partial charge in [0.1, 0.15) is 12.4 Å². The Morgan fingerprint density at radius 3 is 2.33 bits per heavy atom. The third-order valence-corrected chi connectivity index (χ3v) is 6.06. The molecule has 2 fully saturated rings. The molecular formula is C24H24F3NO5. The van der Waals surface area contributed by atoms with E-state index in [0.29, 0.717) is 0 Å². The number of alkyl halides is 3. The molecule has 9 heteroatoms. The second-order valence-electron chi connectivity index (χ2n) is 8.27. The van der Waals surface area contributed by atoms with Gasteiger partial charge in [-0.3, -0.25) is 9.69 Å². The van der Waals surface area contributed by atoms with E-state index >= 15 is 0 Å². The number of morpholine rings is 1. The highest BCUT2D eigenvalue weighted by Crippen LogP contribution is 2.37. The van der Waals surface area contributed by atoms with Gasteiger partial charge in [-0.2, -0.15) is 13.2 Å². The van der Waals surface area contributed by atoms with Crippen molar-refractivity contribution in [2.45, 2.75) is 37.7 Å². The van der Waals surface area contributed by atoms with Gasteiger partial charge in [0.25, 0.3) is 0 Å². The Hall–Kier alpha value is -3.07. The zero-order valence-electron chi connectivity index (χ0n) is 18.0. The molecule has 2 unspecified atom stereocenters. The standard InChI is InChI=1S/C24H24F3NO5/c1-31-21-10-16(7-18(11-21)24(25,26)27)22(29)17-8-19-13-32-14-20(9-17)28(19)23(30)33-12-15-5-3-2-4-6-15/h2-7,10-11,17,19-20H,8-9,12-14H2,1H3. The Balaban J connectivity index is 1.48. The highest BCUT2D eigenvalue weighted by Gasteiger charge is 2.45. The average molecular weight is 463 g/mol. The number of rotatable bonds is 5. The first-order valence-corrected chi connectivity index (χ1v) is 10.6. The van der Waals surface area contributed by atoms with E-state index in [2.05, 4.69) is 0 Å². The molecule has 2 aromatic carbocycles. The first-order valence-electron chi connectivity index (χ1n) is 10.6. The number of hydrogen-bond donors (Lipinski definition) is 0. The third kappa shape index (κ3) is 5.13. The number of carbonyl (C=O) groups excluding carboxylic acids is 2. The van der Waals surface area contributed by atoms with Crippen LogP contribution in [0.4, 0.5) is 18.0 Å². The van der Waals surface area contributed by atoms with Crippen LogP contribution in [0.1, 0.15) is 34.3 Å². The molecule has 2 atom stereocenters. The average Bonchev–Trinajstić information content (AvgIpc) is 2.81. The summed E-state index contributed by atoms with van der Waals surface area (Å²) in [6.45, 7) is 0.613. The van der Waals surface area contributed by atoms with Crippen LogP contribution in [0.2, 0.25) is 0 Å². The normalized spacial score (nSPS) is 22.5. The van der Waals surface area contributed by atoms with E-state index in [0.717, 1.165) is 17.7 Å². The van der Waals surface area contributed by atoms with Gasteiger partial charge in [-0.1, -0.05) is 30.3 Å². The van der Waals surface area contributed by atoms with Crippen molar-refractivity contribution >= 4 is 11.9 Å². The second kappa shape index (κ2) is 9.43. The van der Waals surface area contributed by atoms with Gasteiger partial charge in [0.15, 0.2) is 5.78 Å². The SMILES string of the molecule is COc1cc(C(=O)C2CC3COCC(C2)N3C(=O)OCc2ccccc2)cc(C(F)(F)F)c1. The Kier molecular flexibility index (Phi) is 6.60. The highest BCUT2D eigenvalue weighted by atomic mass is 19.4. The molecule has 2 bridgehead atoms. The topological polar surface area (TPSA) is 65.1 Å². The number of amides is 1. The summed E-state index contributed by atoms with van der Waals surface area (Å²) in [4.78, 5) is 27.6. The van der Waals surface area contributed by atoms with E-state index in [9.17, 15) is 22.8 Å². The summed E-state index contributed by atoms with van der Waals surface area (Å²) in [6.07, 6.45) is -4.51. The zero-order chi connectivity index (χ0) is 23.6. The number of ketones is 1. The minimum Gasteiger partial charge on any atom is -0.497 e. The number of piperidine rings is 1. The maximum Gasteiger partial charge on any atom is 0.416 e. The zero-order valence-corrected chi connectivity index (χ0v) is 18.0. The predicted octanol–water partition coefficient (Wildman–Crippen LogP) is 4.71. The van der Waals surface area contributed by atoms with Crippen molar-refractivity contribution in [3.05, 3.63) is 65.2 Å². The molecule has 0 aromatic heterocycles. The van der Waals surface area contributed by atoms with Crippen LogP contribution in [0.5, 0.6) is 5.75 Å². The molecule has 2 aliphatic heterocycles. The molecule has 0 radical (unpaired) electrons. The molecule has 2 saturated heterocycles. The summed E-state index contributed by atoms with van der Waals surface area (Å²) in [5.41, 5.74) is -0.128. The van der Waals surface area contributed by atoms with Gasteiger partial charge in [0, 0.05) is 11.5 Å². The monoisotopic (exact) mass is 463 g/mol. The van der Waals surface area contributed by atoms with Gasteiger partial charge in [0.05, 0.1) is 38.0 Å². The number of hydrogen-bond acceptors (Lipinski definition) is 5. The van der Waals surface area contributed by atoms with Crippen molar-refractivity contribution < 1.29 is 37.0 Å². The van der Waals surface area contributed by atoms with E-state index in [1.165, 1.54) is 13.2 Å². The Morgan fingerprint density at radius 2 is 1.73 bits per heavy atom. The van der Waals surface area contributed by atoms with Crippen LogP contribution in [-0.2, 0) is 22.3 Å². The number of halogens is 3. The summed E-state index contributed by atoms with van der Waals surface area (Å²) < 4.78 is 55.8. The van der Waals surface area contributed by atoms with Gasteiger partial charge >= 0.3 is 12.3 Å². The molecule has 2 heterocycles. The second-order valence-corrected chi connectivity index (χ2v) is 8.27. The minimum atomic E-state index is -4.60. The van der Waals surface area contributed by atoms with E-state index in [4.69, 9.17) is 14.2 Å². The van der Waals surface area contributed by atoms with Gasteiger partial charge in [-0.15, -0.1) is 0 Å². The molecule has 33 heavy (non-hydrogen) atoms. The summed E-state index contributed by atoms with van der Waals surface area (Å²) in [5, 5.41) is 0. The van der Waals surface area contributed by atoms with Crippen LogP contribution in [0.15, 0.2) is 48.5 Å². The van der Waals surface area contributed by atoms with Crippen LogP contribution < -0.4 is 4.74 Å². The number of methoxy groups -OCH3 is 1. The number of ether oxygens (including phenoxy) is 3. The Morgan fingerprint density at radius 1 is 1.06 bits per heavy atom. The molecule has 0 N–H and O–H groups in total. The van der Waals surface area contributed by atoms with Crippen LogP contribution in [-0.4, -0.2) is 49.2 Å². The molecule has 0 aliphatic carbocycles. The number of Topliss-reactive ketones (excluding diaryl/α,β-unsaturated/α-hetero) is 1. The quantitative estimate of drug-likeness (QED) is 0.601. The maximum atomic E-state index is 13.3. The van der Waals surface area contributed by atoms with Crippen molar-refractivity contribution in [2.24, 2.45) is 5.92 Å². The molecule has 2 aromatic rings. The van der Waals surface area contributed by atoms with Crippen LogP contribution in [0, 0.1) is 5.92 Å². The Bertz CT molecular complexity index is 997. The number of nitrogens with zero attached hydrogens (tertiary/aromatic N) is 1. The lowest BCUT2D eigenvalue weighted by molar-refractivity contribution is -0.137. The fourth-order valence-electron chi connectivity index (χ4n) is 4.48. The van der Waals surface area contributed by atoms with E-state index < -0.39 is 29.5 Å². The summed E-state index contributed by atoms with van der Waals surface area (Å²) in [7, 11) is 1.25. The lowest BCUT2D eigenvalue weighted by Crippen LogP contribution is -2.59. The number of benzene rings is 2. The fraction of sp³-hybridized carbons (Fsp3) is 0.417. The smallest absolute Gasteiger partial charge is 0.416 e. The van der Waals surface area contributed by atoms with Crippen molar-refractivity contribution in [3.63, 3.8) is 0 Å². The van der Waals surface area contributed by atoms with Gasteiger partial charge in [-0.25, -0.2) is 4.79 Å². The predicted molar refractivity (Wildman–Crippen MR) is 112 cm³/mol. The molecule has 2 aliphatic rings. The third-order valence-electron chi connectivity index (χ3n) is 6.06. The summed E-state index contributed by atoms with van der Waals surface area (Å²) >= 11 is 0. The minimum absolute atomic E-state index is 0.0290. The lowest BCUT2D eigenvalue weighted by atomic mass is 9.80. The van der Waals surface area contributed by atoms with Gasteiger partial charge in [-0.05, 0) is 36.6 Å². The summed E-state index contributed by atoms with van der Waals surface area (Å²) in [6, 6.07) is 11.6. The molecule has 0 spiro atoms. The van der Waals surface area contributed by atoms with Crippen LogP contribution >= 0.6 is 0 Å². The first-order chi connectivity index (χ1) is 15.8. The van der Waals surface area contributed by atoms with Gasteiger partial charge in [0.2, 0.25) is 0 Å². The van der Waals surface area contributed by atoms with E-state index in [1.807, 2.05) is 30.3 Å². The molecule has 4 rings (SSSR count).